The smallest absolute Gasteiger partial charge is 0.380 e. The number of hydrogen-bond donors (Lipinski definition) is 0. The van der Waals surface area contributed by atoms with E-state index >= 15 is 0 Å². The molecule has 0 saturated carbocycles. The van der Waals surface area contributed by atoms with Crippen LogP contribution in [0.3, 0.4) is 0 Å². The SMILES string of the molecule is O=[N+]([O-])c1ccc(OP2(=S)OCC3(CO2)COP(=S)(Oc2ccc([N+](=O)[O-])cc2)OC3)cc1. The van der Waals surface area contributed by atoms with Gasteiger partial charge in [-0.15, -0.1) is 0 Å². The Hall–Kier alpha value is -2.02. The van der Waals surface area contributed by atoms with E-state index in [0.29, 0.717) is 11.5 Å². The Labute approximate surface area is 197 Å². The fourth-order valence-corrected chi connectivity index (χ4v) is 6.81. The largest absolute Gasteiger partial charge is 0.424 e. The van der Waals surface area contributed by atoms with Gasteiger partial charge >= 0.3 is 13.4 Å². The predicted octanol–water partition coefficient (Wildman–Crippen LogP) is 4.49. The standard InChI is InChI=1S/C17H16N2O10P2S2/c20-18(21)13-1-5-15(6-2-13)28-30(32)24-9-17(10-25-30)11-26-31(33,27-12-17)29-16-7-3-14(4-8-16)19(22)23/h1-8H,9-12H2. The van der Waals surface area contributed by atoms with Gasteiger partial charge in [0, 0.05) is 47.9 Å². The summed E-state index contributed by atoms with van der Waals surface area (Å²) >= 11 is 10.8. The van der Waals surface area contributed by atoms with Gasteiger partial charge in [0.25, 0.3) is 11.4 Å². The fraction of sp³-hybridized carbons (Fsp3) is 0.294. The molecule has 2 aromatic carbocycles. The van der Waals surface area contributed by atoms with Crippen LogP contribution in [0.2, 0.25) is 0 Å². The van der Waals surface area contributed by atoms with Crippen LogP contribution in [0.4, 0.5) is 11.4 Å². The molecular weight excluding hydrogens is 518 g/mol. The molecular formula is C17H16N2O10P2S2. The molecule has 2 heterocycles. The lowest BCUT2D eigenvalue weighted by Crippen LogP contribution is -2.46. The summed E-state index contributed by atoms with van der Waals surface area (Å²) in [6.45, 7) is -5.72. The van der Waals surface area contributed by atoms with Gasteiger partial charge in [-0.3, -0.25) is 38.3 Å². The molecule has 2 aliphatic rings. The molecule has 0 unspecified atom stereocenters. The van der Waals surface area contributed by atoms with Crippen molar-refractivity contribution >= 4 is 48.4 Å². The second-order valence-corrected chi connectivity index (χ2v) is 13.0. The fourth-order valence-electron chi connectivity index (χ4n) is 2.81. The highest BCUT2D eigenvalue weighted by molar-refractivity contribution is 8.08. The highest BCUT2D eigenvalue weighted by atomic mass is 32.5. The Morgan fingerprint density at radius 1 is 0.697 bits per heavy atom. The molecule has 0 N–H and O–H groups in total. The van der Waals surface area contributed by atoms with Crippen molar-refractivity contribution in [2.45, 2.75) is 0 Å². The summed E-state index contributed by atoms with van der Waals surface area (Å²) in [4.78, 5) is 20.5. The molecule has 4 rings (SSSR count). The van der Waals surface area contributed by atoms with Gasteiger partial charge in [-0.1, -0.05) is 0 Å². The number of nitrogens with zero attached hydrogens (tertiary/aromatic N) is 2. The van der Waals surface area contributed by atoms with Gasteiger partial charge in [-0.2, -0.15) is 0 Å². The second kappa shape index (κ2) is 9.32. The molecule has 0 amide bonds. The summed E-state index contributed by atoms with van der Waals surface area (Å²) in [6.07, 6.45) is 0. The first kappa shape index (κ1) is 24.1. The maximum atomic E-state index is 10.8. The van der Waals surface area contributed by atoms with Crippen molar-refractivity contribution in [2.75, 3.05) is 26.4 Å². The third kappa shape index (κ3) is 5.73. The molecule has 16 heteroatoms. The zero-order valence-corrected chi connectivity index (χ0v) is 20.1. The number of hydrogen-bond acceptors (Lipinski definition) is 12. The van der Waals surface area contributed by atoms with E-state index in [1.165, 1.54) is 48.5 Å². The van der Waals surface area contributed by atoms with E-state index in [1.807, 2.05) is 0 Å². The van der Waals surface area contributed by atoms with Crippen LogP contribution in [0.15, 0.2) is 48.5 Å². The van der Waals surface area contributed by atoms with E-state index in [4.69, 9.17) is 50.8 Å². The monoisotopic (exact) mass is 534 g/mol. The van der Waals surface area contributed by atoms with Gasteiger partial charge in [-0.05, 0) is 24.3 Å². The lowest BCUT2D eigenvalue weighted by molar-refractivity contribution is -0.385. The van der Waals surface area contributed by atoms with Crippen molar-refractivity contribution in [1.29, 1.82) is 0 Å². The first-order valence-electron chi connectivity index (χ1n) is 9.26. The van der Waals surface area contributed by atoms with E-state index in [-0.39, 0.29) is 37.8 Å². The van der Waals surface area contributed by atoms with Crippen LogP contribution in [0, 0.1) is 25.6 Å². The number of nitro benzene ring substituents is 2. The Bertz CT molecular complexity index is 1040. The molecule has 0 radical (unpaired) electrons. The molecule has 2 saturated heterocycles. The van der Waals surface area contributed by atoms with Crippen molar-refractivity contribution in [3.63, 3.8) is 0 Å². The average Bonchev–Trinajstić information content (AvgIpc) is 2.79. The zero-order chi connectivity index (χ0) is 23.7. The summed E-state index contributed by atoms with van der Waals surface area (Å²) in [5.41, 5.74) is -0.819. The van der Waals surface area contributed by atoms with Gasteiger partial charge in [0.15, 0.2) is 0 Å². The minimum Gasteiger partial charge on any atom is -0.424 e. The van der Waals surface area contributed by atoms with Crippen molar-refractivity contribution in [3.05, 3.63) is 68.8 Å². The summed E-state index contributed by atoms with van der Waals surface area (Å²) in [7, 11) is 0. The molecule has 2 fully saturated rings. The van der Waals surface area contributed by atoms with Crippen molar-refractivity contribution in [1.82, 2.24) is 0 Å². The lowest BCUT2D eigenvalue weighted by Gasteiger charge is -2.43. The number of rotatable bonds is 6. The Kier molecular flexibility index (Phi) is 6.81. The summed E-state index contributed by atoms with van der Waals surface area (Å²) < 4.78 is 34.2. The average molecular weight is 534 g/mol. The van der Waals surface area contributed by atoms with Crippen molar-refractivity contribution in [2.24, 2.45) is 5.41 Å². The molecule has 0 aliphatic carbocycles. The molecule has 2 aromatic rings. The van der Waals surface area contributed by atoms with Crippen LogP contribution in [0.25, 0.3) is 0 Å². The van der Waals surface area contributed by atoms with Gasteiger partial charge in [-0.25, -0.2) is 0 Å². The van der Waals surface area contributed by atoms with E-state index in [1.54, 1.807) is 0 Å². The molecule has 33 heavy (non-hydrogen) atoms. The van der Waals surface area contributed by atoms with Crippen LogP contribution in [0.5, 0.6) is 11.5 Å². The van der Waals surface area contributed by atoms with Crippen LogP contribution in [0.1, 0.15) is 0 Å². The summed E-state index contributed by atoms with van der Waals surface area (Å²) in [5, 5.41) is 21.5. The summed E-state index contributed by atoms with van der Waals surface area (Å²) in [5.74, 6) is 0.589. The van der Waals surface area contributed by atoms with E-state index in [9.17, 15) is 20.2 Å². The maximum absolute atomic E-state index is 10.8. The molecule has 2 aliphatic heterocycles. The highest BCUT2D eigenvalue weighted by Crippen LogP contribution is 2.60. The van der Waals surface area contributed by atoms with Gasteiger partial charge in [0.05, 0.1) is 41.7 Å². The van der Waals surface area contributed by atoms with Gasteiger partial charge in [0.1, 0.15) is 11.5 Å². The Balaban J connectivity index is 1.32. The second-order valence-electron chi connectivity index (χ2n) is 7.17. The minimum absolute atomic E-state index is 0.0771. The minimum atomic E-state index is -3.12. The topological polar surface area (TPSA) is 142 Å². The third-order valence-corrected chi connectivity index (χ3v) is 9.01. The lowest BCUT2D eigenvalue weighted by atomic mass is 9.93. The Morgan fingerprint density at radius 2 is 1.00 bits per heavy atom. The normalized spacial score (nSPS) is 29.3. The van der Waals surface area contributed by atoms with Crippen LogP contribution in [-0.2, 0) is 41.7 Å². The maximum Gasteiger partial charge on any atom is 0.380 e. The van der Waals surface area contributed by atoms with E-state index in [2.05, 4.69) is 0 Å². The summed E-state index contributed by atoms with van der Waals surface area (Å²) in [6, 6.07) is 10.9. The quantitative estimate of drug-likeness (QED) is 0.293. The first-order valence-corrected chi connectivity index (χ1v) is 14.4. The number of non-ortho nitro benzene ring substituents is 2. The van der Waals surface area contributed by atoms with E-state index in [0.717, 1.165) is 0 Å². The first-order chi connectivity index (χ1) is 15.6. The molecule has 0 atom stereocenters. The molecule has 12 nitrogen and oxygen atoms in total. The zero-order valence-electron chi connectivity index (χ0n) is 16.6. The number of nitro groups is 2. The van der Waals surface area contributed by atoms with Crippen LogP contribution in [-0.4, -0.2) is 36.3 Å². The Morgan fingerprint density at radius 3 is 1.27 bits per heavy atom. The molecule has 0 bridgehead atoms. The van der Waals surface area contributed by atoms with Crippen molar-refractivity contribution < 1.29 is 37.0 Å². The molecule has 0 aromatic heterocycles. The third-order valence-electron chi connectivity index (χ3n) is 4.64. The highest BCUT2D eigenvalue weighted by Gasteiger charge is 2.48. The molecule has 176 valence electrons. The van der Waals surface area contributed by atoms with Crippen molar-refractivity contribution in [3.8, 4) is 11.5 Å². The molecule has 1 spiro atoms. The van der Waals surface area contributed by atoms with Crippen LogP contribution < -0.4 is 9.05 Å². The number of benzene rings is 2. The van der Waals surface area contributed by atoms with Gasteiger partial charge in [0.2, 0.25) is 0 Å². The van der Waals surface area contributed by atoms with Gasteiger partial charge < -0.3 is 9.05 Å². The predicted molar refractivity (Wildman–Crippen MR) is 122 cm³/mol. The van der Waals surface area contributed by atoms with Crippen LogP contribution >= 0.6 is 13.4 Å². The van der Waals surface area contributed by atoms with E-state index < -0.39 is 28.7 Å².